The SMILES string of the molecule is C/C=C\C(=C/C)S(=O)(=O)Nc1cc2nc(C)nc(N3CCOCC3)c2s1. The second-order valence-electron chi connectivity index (χ2n) is 5.82. The summed E-state index contributed by atoms with van der Waals surface area (Å²) >= 11 is 1.35. The lowest BCUT2D eigenvalue weighted by Crippen LogP contribution is -2.36. The summed E-state index contributed by atoms with van der Waals surface area (Å²) in [7, 11) is -3.63. The molecule has 1 N–H and O–H groups in total. The van der Waals surface area contributed by atoms with Crippen LogP contribution >= 0.6 is 11.3 Å². The van der Waals surface area contributed by atoms with E-state index in [2.05, 4.69) is 19.6 Å². The number of thiophene rings is 1. The lowest BCUT2D eigenvalue weighted by molar-refractivity contribution is 0.122. The van der Waals surface area contributed by atoms with Gasteiger partial charge in [0.15, 0.2) is 5.82 Å². The summed E-state index contributed by atoms with van der Waals surface area (Å²) in [6, 6.07) is 1.76. The fourth-order valence-electron chi connectivity index (χ4n) is 2.76. The molecule has 0 unspecified atom stereocenters. The molecule has 0 spiro atoms. The van der Waals surface area contributed by atoms with Crippen LogP contribution in [-0.2, 0) is 14.8 Å². The number of rotatable bonds is 5. The zero-order valence-electron chi connectivity index (χ0n) is 15.0. The number of anilines is 2. The Morgan fingerprint density at radius 2 is 2.04 bits per heavy atom. The van der Waals surface area contributed by atoms with Crippen molar-refractivity contribution in [3.8, 4) is 0 Å². The average molecular weight is 395 g/mol. The minimum absolute atomic E-state index is 0.230. The third kappa shape index (κ3) is 3.89. The summed E-state index contributed by atoms with van der Waals surface area (Å²) < 4.78 is 34.1. The van der Waals surface area contributed by atoms with Gasteiger partial charge < -0.3 is 9.64 Å². The van der Waals surface area contributed by atoms with E-state index in [1.54, 1.807) is 38.1 Å². The Hall–Kier alpha value is -1.97. The van der Waals surface area contributed by atoms with Gasteiger partial charge in [0.05, 0.1) is 28.3 Å². The maximum atomic E-state index is 12.6. The number of hydrogen-bond acceptors (Lipinski definition) is 7. The van der Waals surface area contributed by atoms with Crippen molar-refractivity contribution in [2.75, 3.05) is 35.9 Å². The van der Waals surface area contributed by atoms with E-state index in [0.29, 0.717) is 24.0 Å². The minimum Gasteiger partial charge on any atom is -0.378 e. The normalized spacial score (nSPS) is 16.6. The lowest BCUT2D eigenvalue weighted by atomic mass is 10.3. The van der Waals surface area contributed by atoms with Crippen LogP contribution in [0.1, 0.15) is 19.7 Å². The molecule has 0 radical (unpaired) electrons. The summed E-state index contributed by atoms with van der Waals surface area (Å²) in [6.07, 6.45) is 4.84. The number of aryl methyl sites for hydroxylation is 1. The molecule has 3 rings (SSSR count). The number of sulfonamides is 1. The van der Waals surface area contributed by atoms with Gasteiger partial charge in [0.1, 0.15) is 10.8 Å². The molecule has 3 heterocycles. The summed E-state index contributed by atoms with van der Waals surface area (Å²) in [5.41, 5.74) is 0.745. The quantitative estimate of drug-likeness (QED) is 0.785. The number of allylic oxidation sites excluding steroid dienone is 3. The Balaban J connectivity index is 1.99. The molecule has 2 aromatic rings. The van der Waals surface area contributed by atoms with Crippen LogP contribution in [0.2, 0.25) is 0 Å². The van der Waals surface area contributed by atoms with E-state index in [4.69, 9.17) is 4.74 Å². The minimum atomic E-state index is -3.63. The van der Waals surface area contributed by atoms with E-state index in [-0.39, 0.29) is 4.91 Å². The van der Waals surface area contributed by atoms with Gasteiger partial charge in [0, 0.05) is 13.1 Å². The second-order valence-corrected chi connectivity index (χ2v) is 8.55. The van der Waals surface area contributed by atoms with Gasteiger partial charge in [-0.1, -0.05) is 12.2 Å². The van der Waals surface area contributed by atoms with Crippen LogP contribution in [0.15, 0.2) is 29.2 Å². The van der Waals surface area contributed by atoms with Crippen molar-refractivity contribution in [2.45, 2.75) is 20.8 Å². The summed E-state index contributed by atoms with van der Waals surface area (Å²) in [6.45, 7) is 8.15. The molecule has 2 aromatic heterocycles. The molecule has 0 amide bonds. The van der Waals surface area contributed by atoms with Crippen molar-refractivity contribution in [1.82, 2.24) is 9.97 Å². The highest BCUT2D eigenvalue weighted by Gasteiger charge is 2.21. The fraction of sp³-hybridized carbons (Fsp3) is 0.412. The highest BCUT2D eigenvalue weighted by molar-refractivity contribution is 7.96. The Morgan fingerprint density at radius 3 is 2.69 bits per heavy atom. The van der Waals surface area contributed by atoms with Crippen LogP contribution < -0.4 is 9.62 Å². The standard InChI is InChI=1S/C17H22N4O3S2/c1-4-6-13(5-2)26(22,23)20-15-11-14-16(25-15)17(19-12(3)18-14)21-7-9-24-10-8-21/h4-6,11,20H,7-10H2,1-3H3/b6-4-,13-5+. The first kappa shape index (κ1) is 18.8. The van der Waals surface area contributed by atoms with E-state index in [1.165, 1.54) is 11.3 Å². The predicted octanol–water partition coefficient (Wildman–Crippen LogP) is 3.06. The maximum Gasteiger partial charge on any atom is 0.262 e. The van der Waals surface area contributed by atoms with Crippen LogP contribution in [-0.4, -0.2) is 44.7 Å². The van der Waals surface area contributed by atoms with Crippen molar-refractivity contribution < 1.29 is 13.2 Å². The van der Waals surface area contributed by atoms with Gasteiger partial charge in [0.2, 0.25) is 0 Å². The zero-order chi connectivity index (χ0) is 18.7. The van der Waals surface area contributed by atoms with Crippen molar-refractivity contribution in [1.29, 1.82) is 0 Å². The molecule has 0 bridgehead atoms. The molecule has 140 valence electrons. The first-order valence-corrected chi connectivity index (χ1v) is 10.7. The van der Waals surface area contributed by atoms with E-state index < -0.39 is 10.0 Å². The number of aromatic nitrogens is 2. The first-order valence-electron chi connectivity index (χ1n) is 8.37. The predicted molar refractivity (Wildman–Crippen MR) is 106 cm³/mol. The fourth-order valence-corrected chi connectivity index (χ4v) is 5.19. The topological polar surface area (TPSA) is 84.4 Å². The van der Waals surface area contributed by atoms with Crippen LogP contribution in [0.5, 0.6) is 0 Å². The molecule has 0 saturated carbocycles. The molecule has 9 heteroatoms. The smallest absolute Gasteiger partial charge is 0.262 e. The Labute approximate surface area is 157 Å². The molecule has 1 aliphatic rings. The number of nitrogens with one attached hydrogen (secondary N) is 1. The zero-order valence-corrected chi connectivity index (χ0v) is 16.7. The van der Waals surface area contributed by atoms with Crippen molar-refractivity contribution in [2.24, 2.45) is 0 Å². The monoisotopic (exact) mass is 394 g/mol. The average Bonchev–Trinajstić information content (AvgIpc) is 3.00. The number of hydrogen-bond donors (Lipinski definition) is 1. The summed E-state index contributed by atoms with van der Waals surface area (Å²) in [5.74, 6) is 1.50. The molecular weight excluding hydrogens is 372 g/mol. The van der Waals surface area contributed by atoms with Crippen molar-refractivity contribution in [3.63, 3.8) is 0 Å². The summed E-state index contributed by atoms with van der Waals surface area (Å²) in [4.78, 5) is 11.4. The van der Waals surface area contributed by atoms with E-state index in [9.17, 15) is 8.42 Å². The third-order valence-corrected chi connectivity index (χ3v) is 6.58. The second kappa shape index (κ2) is 7.73. The van der Waals surface area contributed by atoms with Crippen LogP contribution in [0, 0.1) is 6.92 Å². The lowest BCUT2D eigenvalue weighted by Gasteiger charge is -2.28. The molecule has 7 nitrogen and oxygen atoms in total. The number of ether oxygens (including phenoxy) is 1. The first-order chi connectivity index (χ1) is 12.4. The Bertz CT molecular complexity index is 958. The molecule has 0 aromatic carbocycles. The molecule has 0 aliphatic carbocycles. The molecule has 1 aliphatic heterocycles. The molecule has 1 fully saturated rings. The highest BCUT2D eigenvalue weighted by atomic mass is 32.2. The number of fused-ring (bicyclic) bond motifs is 1. The number of nitrogens with zero attached hydrogens (tertiary/aromatic N) is 3. The Morgan fingerprint density at radius 1 is 1.31 bits per heavy atom. The molecular formula is C17H22N4O3S2. The highest BCUT2D eigenvalue weighted by Crippen LogP contribution is 2.36. The van der Waals surface area contributed by atoms with Crippen LogP contribution in [0.25, 0.3) is 10.2 Å². The van der Waals surface area contributed by atoms with Crippen LogP contribution in [0.3, 0.4) is 0 Å². The van der Waals surface area contributed by atoms with Gasteiger partial charge >= 0.3 is 0 Å². The third-order valence-electron chi connectivity index (χ3n) is 3.94. The van der Waals surface area contributed by atoms with Gasteiger partial charge in [-0.2, -0.15) is 0 Å². The van der Waals surface area contributed by atoms with Gasteiger partial charge in [-0.15, -0.1) is 11.3 Å². The summed E-state index contributed by atoms with van der Waals surface area (Å²) in [5, 5.41) is 0.526. The largest absolute Gasteiger partial charge is 0.378 e. The molecule has 0 atom stereocenters. The van der Waals surface area contributed by atoms with Gasteiger partial charge in [-0.25, -0.2) is 18.4 Å². The van der Waals surface area contributed by atoms with Crippen molar-refractivity contribution in [3.05, 3.63) is 35.0 Å². The van der Waals surface area contributed by atoms with E-state index in [1.807, 2.05) is 6.92 Å². The maximum absolute atomic E-state index is 12.6. The van der Waals surface area contributed by atoms with E-state index >= 15 is 0 Å². The van der Waals surface area contributed by atoms with Crippen LogP contribution in [0.4, 0.5) is 10.8 Å². The van der Waals surface area contributed by atoms with Gasteiger partial charge in [-0.3, -0.25) is 4.72 Å². The molecule has 1 saturated heterocycles. The number of morpholine rings is 1. The van der Waals surface area contributed by atoms with Gasteiger partial charge in [0.25, 0.3) is 10.0 Å². The van der Waals surface area contributed by atoms with Crippen molar-refractivity contribution >= 4 is 42.4 Å². The molecule has 26 heavy (non-hydrogen) atoms. The Kier molecular flexibility index (Phi) is 5.59. The van der Waals surface area contributed by atoms with E-state index in [0.717, 1.165) is 29.1 Å². The van der Waals surface area contributed by atoms with Gasteiger partial charge in [-0.05, 0) is 32.9 Å².